The number of ether oxygens (including phenoxy) is 3. The van der Waals surface area contributed by atoms with Crippen molar-refractivity contribution in [3.63, 3.8) is 0 Å². The molecule has 0 amide bonds. The number of aliphatic hydroxyl groups is 5. The Labute approximate surface area is 180 Å². The van der Waals surface area contributed by atoms with Gasteiger partial charge in [0.2, 0.25) is 0 Å². The van der Waals surface area contributed by atoms with Gasteiger partial charge in [0.1, 0.15) is 35.6 Å². The molecular weight excluding hydrogens is 412 g/mol. The number of hydrogen-bond acceptors (Lipinski definition) is 9. The second-order valence-corrected chi connectivity index (χ2v) is 9.27. The quantitative estimate of drug-likeness (QED) is 0.223. The van der Waals surface area contributed by atoms with E-state index in [0.29, 0.717) is 12.0 Å². The highest BCUT2D eigenvalue weighted by atomic mass is 16.7. The van der Waals surface area contributed by atoms with Crippen LogP contribution in [0.15, 0.2) is 23.8 Å². The summed E-state index contributed by atoms with van der Waals surface area (Å²) >= 11 is 0. The Hall–Kier alpha value is -1.37. The predicted molar refractivity (Wildman–Crippen MR) is 106 cm³/mol. The average molecular weight is 444 g/mol. The maximum atomic E-state index is 11.6. The number of carboxylic acids is 1. The molecule has 3 fully saturated rings. The van der Waals surface area contributed by atoms with Crippen LogP contribution in [0.3, 0.4) is 0 Å². The Kier molecular flexibility index (Phi) is 6.68. The second kappa shape index (κ2) is 8.53. The molecule has 2 bridgehead atoms. The molecule has 0 unspecified atom stereocenters. The fraction of sp³-hybridized carbons (Fsp3) is 0.762. The molecule has 1 aliphatic carbocycles. The van der Waals surface area contributed by atoms with Gasteiger partial charge in [0.05, 0.1) is 19.3 Å². The molecule has 0 aromatic heterocycles. The van der Waals surface area contributed by atoms with E-state index in [2.05, 4.69) is 0 Å². The summed E-state index contributed by atoms with van der Waals surface area (Å²) < 4.78 is 17.3. The van der Waals surface area contributed by atoms with Crippen LogP contribution in [-0.2, 0) is 19.0 Å². The van der Waals surface area contributed by atoms with Crippen LogP contribution in [0.1, 0.15) is 33.6 Å². The molecule has 3 aliphatic rings. The van der Waals surface area contributed by atoms with Gasteiger partial charge in [-0.15, -0.1) is 0 Å². The number of carbonyl (C=O) groups is 1. The van der Waals surface area contributed by atoms with Crippen molar-refractivity contribution in [1.29, 1.82) is 0 Å². The molecule has 3 rings (SSSR count). The fourth-order valence-corrected chi connectivity index (χ4v) is 4.95. The summed E-state index contributed by atoms with van der Waals surface area (Å²) in [5, 5.41) is 60.0. The van der Waals surface area contributed by atoms with Crippen molar-refractivity contribution < 1.29 is 49.6 Å². The molecule has 9 atom stereocenters. The highest BCUT2D eigenvalue weighted by Gasteiger charge is 2.67. The molecule has 0 aromatic carbocycles. The summed E-state index contributed by atoms with van der Waals surface area (Å²) in [6.07, 6.45) is -2.65. The molecule has 2 heterocycles. The van der Waals surface area contributed by atoms with E-state index in [4.69, 9.17) is 19.3 Å². The number of hydrogen-bond donors (Lipinski definition) is 6. The molecule has 1 saturated carbocycles. The smallest absolute Gasteiger partial charge is 0.328 e. The lowest BCUT2D eigenvalue weighted by Crippen LogP contribution is -2.63. The summed E-state index contributed by atoms with van der Waals surface area (Å²) in [7, 11) is 0. The van der Waals surface area contributed by atoms with Gasteiger partial charge in [0.25, 0.3) is 0 Å². The van der Waals surface area contributed by atoms with E-state index in [1.54, 1.807) is 26.0 Å². The number of allylic oxidation sites excluding steroid dienone is 2. The first-order chi connectivity index (χ1) is 14.4. The van der Waals surface area contributed by atoms with Gasteiger partial charge in [0.15, 0.2) is 6.29 Å². The minimum atomic E-state index is -1.54. The van der Waals surface area contributed by atoms with Crippen LogP contribution in [-0.4, -0.2) is 97.8 Å². The molecule has 0 aromatic rings. The first-order valence-electron chi connectivity index (χ1n) is 10.3. The van der Waals surface area contributed by atoms with E-state index < -0.39 is 66.0 Å². The molecule has 2 saturated heterocycles. The van der Waals surface area contributed by atoms with E-state index in [-0.39, 0.29) is 13.0 Å². The van der Waals surface area contributed by atoms with Crippen LogP contribution >= 0.6 is 0 Å². The highest BCUT2D eigenvalue weighted by Crippen LogP contribution is 2.58. The summed E-state index contributed by atoms with van der Waals surface area (Å²) in [5.74, 6) is -1.08. The van der Waals surface area contributed by atoms with Crippen molar-refractivity contribution in [2.45, 2.75) is 81.6 Å². The topological polar surface area (TPSA) is 166 Å². The zero-order valence-corrected chi connectivity index (χ0v) is 17.8. The van der Waals surface area contributed by atoms with Crippen LogP contribution in [0.4, 0.5) is 0 Å². The zero-order valence-electron chi connectivity index (χ0n) is 17.8. The Morgan fingerprint density at radius 2 is 1.84 bits per heavy atom. The molecule has 0 radical (unpaired) electrons. The van der Waals surface area contributed by atoms with Crippen LogP contribution in [0.2, 0.25) is 0 Å². The van der Waals surface area contributed by atoms with Crippen LogP contribution in [0.5, 0.6) is 0 Å². The molecule has 31 heavy (non-hydrogen) atoms. The normalized spacial score (nSPS) is 48.3. The highest BCUT2D eigenvalue weighted by molar-refractivity contribution is 5.81. The Morgan fingerprint density at radius 1 is 1.16 bits per heavy atom. The van der Waals surface area contributed by atoms with Crippen molar-refractivity contribution in [1.82, 2.24) is 0 Å². The lowest BCUT2D eigenvalue weighted by molar-refractivity contribution is -0.319. The van der Waals surface area contributed by atoms with Crippen molar-refractivity contribution >= 4 is 5.97 Å². The van der Waals surface area contributed by atoms with Gasteiger partial charge in [-0.05, 0) is 31.9 Å². The molecule has 2 aliphatic heterocycles. The van der Waals surface area contributed by atoms with Crippen LogP contribution < -0.4 is 0 Å². The summed E-state index contributed by atoms with van der Waals surface area (Å²) in [6, 6.07) is 0. The van der Waals surface area contributed by atoms with Gasteiger partial charge in [-0.25, -0.2) is 4.79 Å². The van der Waals surface area contributed by atoms with E-state index in [0.717, 1.165) is 6.08 Å². The van der Waals surface area contributed by atoms with Gasteiger partial charge in [-0.1, -0.05) is 13.0 Å². The average Bonchev–Trinajstić information content (AvgIpc) is 2.79. The van der Waals surface area contributed by atoms with Crippen molar-refractivity contribution in [3.8, 4) is 0 Å². The molecule has 10 heteroatoms. The van der Waals surface area contributed by atoms with E-state index in [9.17, 15) is 30.3 Å². The zero-order chi connectivity index (χ0) is 23.2. The molecular formula is C21H32O10. The largest absolute Gasteiger partial charge is 0.478 e. The lowest BCUT2D eigenvalue weighted by Gasteiger charge is -2.51. The second-order valence-electron chi connectivity index (χ2n) is 9.27. The first kappa shape index (κ1) is 24.3. The SMILES string of the molecule is CC(/C=C/[C@]1(O)[C@]2(C)CO[C@@]1(C)C[C@@H](O[C@H]1O[C@@H](CO)[C@H](O)[C@@H](O)[C@@H]1O)C2)=C\C(=O)O. The van der Waals surface area contributed by atoms with Gasteiger partial charge >= 0.3 is 5.97 Å². The summed E-state index contributed by atoms with van der Waals surface area (Å²) in [6.45, 7) is 4.88. The number of aliphatic carboxylic acids is 1. The number of rotatable bonds is 6. The Morgan fingerprint density at radius 3 is 2.42 bits per heavy atom. The van der Waals surface area contributed by atoms with E-state index in [1.165, 1.54) is 0 Å². The minimum Gasteiger partial charge on any atom is -0.478 e. The third-order valence-electron chi connectivity index (χ3n) is 6.84. The Bertz CT molecular complexity index is 728. The monoisotopic (exact) mass is 444 g/mol. The van der Waals surface area contributed by atoms with Crippen molar-refractivity contribution in [3.05, 3.63) is 23.8 Å². The standard InChI is InChI=1S/C21H32O10/c1-11(6-14(23)24)4-5-21(28)19(2)7-12(8-20(21,3)29-10-19)30-18-17(27)16(26)15(25)13(9-22)31-18/h4-6,12-13,15-18,22,25-28H,7-10H2,1-3H3,(H,23,24)/b5-4+,11-6+/t12-,13-,15-,16+,17-,18-,19-,20-,21-/m0/s1. The number of carboxylic acid groups (broad SMARTS) is 1. The van der Waals surface area contributed by atoms with Gasteiger partial charge in [0, 0.05) is 17.9 Å². The molecule has 0 spiro atoms. The Balaban J connectivity index is 1.78. The van der Waals surface area contributed by atoms with Crippen molar-refractivity contribution in [2.24, 2.45) is 5.41 Å². The van der Waals surface area contributed by atoms with Gasteiger partial charge in [-0.3, -0.25) is 0 Å². The maximum Gasteiger partial charge on any atom is 0.328 e. The maximum absolute atomic E-state index is 11.6. The fourth-order valence-electron chi connectivity index (χ4n) is 4.95. The van der Waals surface area contributed by atoms with Crippen LogP contribution in [0, 0.1) is 5.41 Å². The van der Waals surface area contributed by atoms with Gasteiger partial charge < -0.3 is 44.8 Å². The minimum absolute atomic E-state index is 0.236. The number of aliphatic hydroxyl groups excluding tert-OH is 4. The summed E-state index contributed by atoms with van der Waals surface area (Å²) in [4.78, 5) is 10.9. The predicted octanol–water partition coefficient (Wildman–Crippen LogP) is -0.921. The third kappa shape index (κ3) is 4.19. The van der Waals surface area contributed by atoms with E-state index in [1.807, 2.05) is 6.92 Å². The number of fused-ring (bicyclic) bond motifs is 2. The van der Waals surface area contributed by atoms with Gasteiger partial charge in [-0.2, -0.15) is 0 Å². The first-order valence-corrected chi connectivity index (χ1v) is 10.3. The lowest BCUT2D eigenvalue weighted by atomic mass is 9.59. The third-order valence-corrected chi connectivity index (χ3v) is 6.84. The van der Waals surface area contributed by atoms with Crippen LogP contribution in [0.25, 0.3) is 0 Å². The summed E-state index contributed by atoms with van der Waals surface area (Å²) in [5.41, 5.74) is -2.77. The molecule has 176 valence electrons. The van der Waals surface area contributed by atoms with Crippen molar-refractivity contribution in [2.75, 3.05) is 13.2 Å². The van der Waals surface area contributed by atoms with E-state index >= 15 is 0 Å². The molecule has 6 N–H and O–H groups in total. The molecule has 10 nitrogen and oxygen atoms in total.